The summed E-state index contributed by atoms with van der Waals surface area (Å²) in [5, 5.41) is 0. The lowest BCUT2D eigenvalue weighted by Gasteiger charge is -2.41. The van der Waals surface area contributed by atoms with Crippen molar-refractivity contribution in [2.45, 2.75) is 116 Å². The van der Waals surface area contributed by atoms with Crippen molar-refractivity contribution in [3.8, 4) is 0 Å². The van der Waals surface area contributed by atoms with Crippen LogP contribution in [0.1, 0.15) is 116 Å². The zero-order chi connectivity index (χ0) is 22.4. The van der Waals surface area contributed by atoms with Crippen LogP contribution in [0.5, 0.6) is 0 Å². The molecule has 0 N–H and O–H groups in total. The molecule has 1 aromatic carbocycles. The van der Waals surface area contributed by atoms with E-state index >= 15 is 0 Å². The van der Waals surface area contributed by atoms with E-state index in [0.717, 1.165) is 11.8 Å². The first-order valence-corrected chi connectivity index (χ1v) is 15.7. The Morgan fingerprint density at radius 1 is 1.00 bits per heavy atom. The summed E-state index contributed by atoms with van der Waals surface area (Å²) in [6.07, 6.45) is 13.7. The summed E-state index contributed by atoms with van der Waals surface area (Å²) in [6, 6.07) is 9.85. The lowest BCUT2D eigenvalue weighted by Crippen LogP contribution is -2.37. The monoisotopic (exact) mass is 748 g/mol. The fourth-order valence-electron chi connectivity index (χ4n) is 5.74. The van der Waals surface area contributed by atoms with Gasteiger partial charge in [-0.25, -0.2) is 0 Å². The quantitative estimate of drug-likeness (QED) is 0.148. The van der Waals surface area contributed by atoms with Crippen molar-refractivity contribution in [1.82, 2.24) is 0 Å². The van der Waals surface area contributed by atoms with E-state index in [1.165, 1.54) is 69.8 Å². The number of rotatable bonds is 12. The normalized spacial score (nSPS) is 25.5. The predicted molar refractivity (Wildman–Crippen MR) is 161 cm³/mol. The zero-order valence-corrected chi connectivity index (χ0v) is 26.3. The van der Waals surface area contributed by atoms with E-state index in [0.29, 0.717) is 13.3 Å². The van der Waals surface area contributed by atoms with E-state index in [9.17, 15) is 0 Å². The van der Waals surface area contributed by atoms with E-state index in [1.54, 1.807) is 5.56 Å². The second-order valence-electron chi connectivity index (χ2n) is 10.1. The Morgan fingerprint density at radius 3 is 2.20 bits per heavy atom. The predicted octanol–water partition coefficient (Wildman–Crippen LogP) is 10.6. The van der Waals surface area contributed by atoms with Crippen molar-refractivity contribution in [3.63, 3.8) is 0 Å². The van der Waals surface area contributed by atoms with Crippen molar-refractivity contribution in [3.05, 3.63) is 35.4 Å². The molecule has 6 atom stereocenters. The van der Waals surface area contributed by atoms with Gasteiger partial charge in [0.1, 0.15) is 0 Å². The van der Waals surface area contributed by atoms with E-state index < -0.39 is 0 Å². The Balaban J connectivity index is 2.28. The number of unbranched alkanes of at least 4 members (excludes halogenated alkanes) is 2. The highest BCUT2D eigenvalue weighted by Crippen LogP contribution is 2.53. The Hall–Kier alpha value is 1.41. The summed E-state index contributed by atoms with van der Waals surface area (Å²) in [6.45, 7) is 12.0. The summed E-state index contributed by atoms with van der Waals surface area (Å²) in [5.74, 6) is 2.49. The summed E-state index contributed by atoms with van der Waals surface area (Å²) < 4.78 is 1.27. The third-order valence-corrected chi connectivity index (χ3v) is 10.5. The Morgan fingerprint density at radius 2 is 1.63 bits per heavy atom. The highest BCUT2D eigenvalue weighted by Gasteiger charge is 2.44. The average Bonchev–Trinajstić information content (AvgIpc) is 3.15. The Bertz CT molecular complexity index is 618. The van der Waals surface area contributed by atoms with Crippen LogP contribution in [0.15, 0.2) is 24.3 Å². The second-order valence-corrected chi connectivity index (χ2v) is 16.9. The molecule has 6 unspecified atom stereocenters. The smallest absolute Gasteiger partial charge is 0.0452 e. The molecule has 0 bridgehead atoms. The second kappa shape index (κ2) is 12.8. The molecule has 30 heavy (non-hydrogen) atoms. The van der Waals surface area contributed by atoms with E-state index in [4.69, 9.17) is 0 Å². The van der Waals surface area contributed by atoms with Crippen LogP contribution in [0, 0.1) is 11.8 Å². The molecule has 0 amide bonds. The summed E-state index contributed by atoms with van der Waals surface area (Å²) >= 11 is 8.12. The third-order valence-electron chi connectivity index (χ3n) is 7.42. The van der Waals surface area contributed by atoms with Crippen LogP contribution in [0.2, 0.25) is 0 Å². The summed E-state index contributed by atoms with van der Waals surface area (Å²) in [5.41, 5.74) is 3.07. The van der Waals surface area contributed by atoms with Gasteiger partial charge in [-0.1, -0.05) is 158 Å². The lowest BCUT2D eigenvalue weighted by molar-refractivity contribution is 0.264. The van der Waals surface area contributed by atoms with Crippen molar-refractivity contribution in [2.24, 2.45) is 11.8 Å². The van der Waals surface area contributed by atoms with Crippen LogP contribution in [-0.4, -0.2) is 7.35 Å². The standard InChI is InChI=1S/C27H43I3/c1-6-8-11-21-12-10-14-25(21)27(5,30)24(13-9-7-2)22-15-17-23(18-16-22)26(4,29)19-20(3)28/h15-18,20-21,24-25H,6-14,19H2,1-5H3. The maximum absolute atomic E-state index is 2.89. The molecule has 0 aromatic heterocycles. The molecule has 1 fully saturated rings. The molecule has 0 nitrogen and oxygen atoms in total. The minimum atomic E-state index is 0.222. The minimum absolute atomic E-state index is 0.222. The molecule has 1 saturated carbocycles. The van der Waals surface area contributed by atoms with Gasteiger partial charge >= 0.3 is 0 Å². The molecule has 0 heterocycles. The van der Waals surface area contributed by atoms with Gasteiger partial charge < -0.3 is 0 Å². The summed E-state index contributed by atoms with van der Waals surface area (Å²) in [4.78, 5) is 0. The Kier molecular flexibility index (Phi) is 11.8. The van der Waals surface area contributed by atoms with Gasteiger partial charge in [-0.3, -0.25) is 0 Å². The van der Waals surface area contributed by atoms with Crippen LogP contribution in [-0.2, 0) is 3.42 Å². The zero-order valence-electron chi connectivity index (χ0n) is 19.8. The van der Waals surface area contributed by atoms with Crippen LogP contribution in [0.3, 0.4) is 0 Å². The molecule has 0 spiro atoms. The molecular weight excluding hydrogens is 705 g/mol. The number of alkyl halides is 3. The van der Waals surface area contributed by atoms with Gasteiger partial charge in [0.15, 0.2) is 0 Å². The number of hydrogen-bond acceptors (Lipinski definition) is 0. The highest BCUT2D eigenvalue weighted by molar-refractivity contribution is 14.1. The fourth-order valence-corrected chi connectivity index (χ4v) is 9.98. The fraction of sp³-hybridized carbons (Fsp3) is 0.778. The molecule has 1 aliphatic rings. The van der Waals surface area contributed by atoms with Crippen LogP contribution >= 0.6 is 67.8 Å². The molecule has 0 saturated heterocycles. The van der Waals surface area contributed by atoms with Crippen LogP contribution in [0.25, 0.3) is 0 Å². The van der Waals surface area contributed by atoms with Gasteiger partial charge in [-0.05, 0) is 62.0 Å². The first-order chi connectivity index (χ1) is 14.1. The molecule has 0 radical (unpaired) electrons. The Labute approximate surface area is 228 Å². The van der Waals surface area contributed by atoms with Gasteiger partial charge in [-0.15, -0.1) is 0 Å². The molecule has 3 heteroatoms. The number of halogens is 3. The maximum atomic E-state index is 2.89. The molecular formula is C27H43I3. The summed E-state index contributed by atoms with van der Waals surface area (Å²) in [7, 11) is 0. The average molecular weight is 748 g/mol. The maximum Gasteiger partial charge on any atom is 0.0452 e. The molecule has 1 aromatic rings. The highest BCUT2D eigenvalue weighted by atomic mass is 127. The van der Waals surface area contributed by atoms with Gasteiger partial charge in [0.2, 0.25) is 0 Å². The first kappa shape index (κ1) is 27.7. The van der Waals surface area contributed by atoms with Crippen LogP contribution in [0.4, 0.5) is 0 Å². The number of benzene rings is 1. The van der Waals surface area contributed by atoms with Crippen LogP contribution < -0.4 is 0 Å². The van der Waals surface area contributed by atoms with E-state index in [2.05, 4.69) is 127 Å². The molecule has 2 rings (SSSR count). The third kappa shape index (κ3) is 7.46. The topological polar surface area (TPSA) is 0 Å². The molecule has 0 aliphatic heterocycles. The van der Waals surface area contributed by atoms with Gasteiger partial charge in [0, 0.05) is 10.8 Å². The van der Waals surface area contributed by atoms with E-state index in [-0.39, 0.29) is 3.42 Å². The van der Waals surface area contributed by atoms with Gasteiger partial charge in [0.05, 0.1) is 0 Å². The minimum Gasteiger partial charge on any atom is -0.0829 e. The lowest BCUT2D eigenvalue weighted by atomic mass is 9.71. The SMILES string of the molecule is CCCCC1CCCC1C(C)(I)C(CCCC)c1ccc(C(C)(I)CC(C)I)cc1. The molecule has 1 aliphatic carbocycles. The van der Waals surface area contributed by atoms with Gasteiger partial charge in [0.25, 0.3) is 0 Å². The van der Waals surface area contributed by atoms with Crippen molar-refractivity contribution >= 4 is 67.8 Å². The van der Waals surface area contributed by atoms with E-state index in [1.807, 2.05) is 0 Å². The molecule has 172 valence electrons. The first-order valence-electron chi connectivity index (χ1n) is 12.3. The van der Waals surface area contributed by atoms with Crippen molar-refractivity contribution < 1.29 is 0 Å². The van der Waals surface area contributed by atoms with Crippen molar-refractivity contribution in [1.29, 1.82) is 0 Å². The number of hydrogen-bond donors (Lipinski definition) is 0. The van der Waals surface area contributed by atoms with Gasteiger partial charge in [-0.2, -0.15) is 0 Å². The largest absolute Gasteiger partial charge is 0.0829 e. The van der Waals surface area contributed by atoms with Crippen molar-refractivity contribution in [2.75, 3.05) is 0 Å².